The average molecular weight is 619 g/mol. The molecule has 0 N–H and O–H groups in total. The van der Waals surface area contributed by atoms with Gasteiger partial charge in [0.25, 0.3) is 0 Å². The fourth-order valence-corrected chi connectivity index (χ4v) is 4.61. The Labute approximate surface area is 213 Å². The average Bonchev–Trinajstić information content (AvgIpc) is 2.66. The highest BCUT2D eigenvalue weighted by molar-refractivity contribution is 14.1. The molecule has 1 fully saturated rings. The summed E-state index contributed by atoms with van der Waals surface area (Å²) in [6, 6.07) is 3.16. The Hall–Kier alpha value is -1.83. The molecule has 5 atom stereocenters. The third-order valence-electron chi connectivity index (χ3n) is 4.15. The quantitative estimate of drug-likeness (QED) is 0.256. The summed E-state index contributed by atoms with van der Waals surface area (Å²) in [4.78, 5) is 46.8. The molecular weight excluding hydrogens is 598 g/mol. The lowest BCUT2D eigenvalue weighted by Gasteiger charge is -2.44. The summed E-state index contributed by atoms with van der Waals surface area (Å²) in [6.07, 6.45) is -6.63. The van der Waals surface area contributed by atoms with Crippen molar-refractivity contribution < 1.29 is 47.6 Å². The van der Waals surface area contributed by atoms with Crippen LogP contribution in [0.15, 0.2) is 12.1 Å². The van der Waals surface area contributed by atoms with Crippen molar-refractivity contribution in [3.63, 3.8) is 0 Å². The van der Waals surface area contributed by atoms with Gasteiger partial charge in [-0.3, -0.25) is 19.2 Å². The molecule has 0 aliphatic carbocycles. The Morgan fingerprint density at radius 3 is 1.82 bits per heavy atom. The third-order valence-corrected chi connectivity index (χ3v) is 5.33. The second-order valence-corrected chi connectivity index (χ2v) is 8.94. The maximum absolute atomic E-state index is 11.8. The van der Waals surface area contributed by atoms with E-state index in [0.29, 0.717) is 0 Å². The van der Waals surface area contributed by atoms with Crippen LogP contribution in [0.5, 0.6) is 5.75 Å². The lowest BCUT2D eigenvalue weighted by atomic mass is 9.98. The van der Waals surface area contributed by atoms with Gasteiger partial charge in [-0.25, -0.2) is 0 Å². The van der Waals surface area contributed by atoms with E-state index in [0.717, 1.165) is 24.3 Å². The van der Waals surface area contributed by atoms with Crippen molar-refractivity contribution in [1.29, 1.82) is 0 Å². The maximum Gasteiger partial charge on any atom is 0.303 e. The van der Waals surface area contributed by atoms with E-state index in [2.05, 4.69) is 0 Å². The molecule has 0 bridgehead atoms. The Morgan fingerprint density at radius 1 is 0.848 bits per heavy atom. The zero-order valence-electron chi connectivity index (χ0n) is 18.0. The van der Waals surface area contributed by atoms with Crippen LogP contribution in [0.1, 0.15) is 27.7 Å². The van der Waals surface area contributed by atoms with Crippen molar-refractivity contribution in [2.45, 2.75) is 58.4 Å². The second kappa shape index (κ2) is 12.0. The van der Waals surface area contributed by atoms with Gasteiger partial charge in [0.2, 0.25) is 12.4 Å². The van der Waals surface area contributed by atoms with Crippen LogP contribution in [0.2, 0.25) is 10.0 Å². The molecule has 0 spiro atoms. The number of esters is 4. The first kappa shape index (κ1) is 27.4. The Balaban J connectivity index is 2.52. The number of halogens is 3. The summed E-state index contributed by atoms with van der Waals surface area (Å²) >= 11 is 14.5. The topological polar surface area (TPSA) is 124 Å². The van der Waals surface area contributed by atoms with Crippen LogP contribution in [0, 0.1) is 3.57 Å². The van der Waals surface area contributed by atoms with Gasteiger partial charge in [0.05, 0.1) is 10.0 Å². The first-order chi connectivity index (χ1) is 15.4. The van der Waals surface area contributed by atoms with E-state index < -0.39 is 54.6 Å². The maximum atomic E-state index is 11.8. The van der Waals surface area contributed by atoms with Gasteiger partial charge >= 0.3 is 23.9 Å². The molecule has 10 nitrogen and oxygen atoms in total. The number of hydrogen-bond donors (Lipinski definition) is 0. The summed E-state index contributed by atoms with van der Waals surface area (Å²) in [5.74, 6) is -2.87. The van der Waals surface area contributed by atoms with Gasteiger partial charge in [0.1, 0.15) is 12.7 Å². The second-order valence-electron chi connectivity index (χ2n) is 6.88. The van der Waals surface area contributed by atoms with Crippen molar-refractivity contribution in [3.05, 3.63) is 25.7 Å². The highest BCUT2D eigenvalue weighted by atomic mass is 127. The molecule has 0 radical (unpaired) electrons. The number of ether oxygens (including phenoxy) is 6. The fraction of sp³-hybridized carbons (Fsp3) is 0.500. The predicted molar refractivity (Wildman–Crippen MR) is 122 cm³/mol. The monoisotopic (exact) mass is 618 g/mol. The molecule has 0 unspecified atom stereocenters. The van der Waals surface area contributed by atoms with Crippen molar-refractivity contribution in [2.75, 3.05) is 6.61 Å². The summed E-state index contributed by atoms with van der Waals surface area (Å²) in [5.41, 5.74) is 0. The van der Waals surface area contributed by atoms with E-state index in [1.54, 1.807) is 12.1 Å². The fourth-order valence-electron chi connectivity index (χ4n) is 3.04. The smallest absolute Gasteiger partial charge is 0.303 e. The number of carbonyl (C=O) groups is 4. The van der Waals surface area contributed by atoms with Gasteiger partial charge in [-0.2, -0.15) is 0 Å². The minimum Gasteiger partial charge on any atom is -0.463 e. The van der Waals surface area contributed by atoms with Crippen LogP contribution in [0.25, 0.3) is 0 Å². The molecule has 1 saturated heterocycles. The molecule has 0 amide bonds. The zero-order valence-corrected chi connectivity index (χ0v) is 21.6. The van der Waals surface area contributed by atoms with E-state index in [1.165, 1.54) is 6.92 Å². The third kappa shape index (κ3) is 7.87. The van der Waals surface area contributed by atoms with Crippen LogP contribution in [-0.4, -0.2) is 61.2 Å². The molecule has 182 valence electrons. The summed E-state index contributed by atoms with van der Waals surface area (Å²) in [5, 5.41) is 0.277. The van der Waals surface area contributed by atoms with Gasteiger partial charge in [0, 0.05) is 31.3 Å². The van der Waals surface area contributed by atoms with Gasteiger partial charge in [-0.15, -0.1) is 0 Å². The SMILES string of the molecule is CC(=O)OC[C@H]1O[C@H](Oc2c(Cl)cc(I)cc2Cl)[C@@H](OC(C)=O)[C@@H](OC(C)=O)[C@@H]1OC(C)=O. The van der Waals surface area contributed by atoms with Gasteiger partial charge in [-0.05, 0) is 34.7 Å². The number of benzene rings is 1. The van der Waals surface area contributed by atoms with Crippen LogP contribution in [0.3, 0.4) is 0 Å². The summed E-state index contributed by atoms with van der Waals surface area (Å²) in [7, 11) is 0. The van der Waals surface area contributed by atoms with E-state index in [4.69, 9.17) is 51.6 Å². The molecule has 33 heavy (non-hydrogen) atoms. The molecular formula is C20H21Cl2IO10. The molecule has 1 aliphatic rings. The highest BCUT2D eigenvalue weighted by Crippen LogP contribution is 2.38. The Kier molecular flexibility index (Phi) is 10.0. The molecule has 1 heterocycles. The van der Waals surface area contributed by atoms with Crippen LogP contribution in [-0.2, 0) is 42.9 Å². The van der Waals surface area contributed by atoms with E-state index in [-0.39, 0.29) is 22.4 Å². The lowest BCUT2D eigenvalue weighted by Crippen LogP contribution is -2.63. The van der Waals surface area contributed by atoms with Crippen LogP contribution < -0.4 is 4.74 Å². The molecule has 13 heteroatoms. The first-order valence-corrected chi connectivity index (χ1v) is 11.3. The van der Waals surface area contributed by atoms with E-state index in [1.807, 2.05) is 22.6 Å². The normalized spacial score (nSPS) is 24.4. The minimum atomic E-state index is -1.43. The Bertz CT molecular complexity index is 901. The standard InChI is InChI=1S/C20H21Cl2IO10/c1-8(24)28-7-15-17(29-9(2)25)18(30-10(3)26)19(31-11(4)27)20(32-15)33-16-13(21)5-12(23)6-14(16)22/h5-6,15,17-20H,7H2,1-4H3/t15-,17-,18+,19+,20-/m1/s1. The number of rotatable bonds is 7. The zero-order chi connectivity index (χ0) is 24.9. The molecule has 1 aliphatic heterocycles. The van der Waals surface area contributed by atoms with Crippen molar-refractivity contribution in [1.82, 2.24) is 0 Å². The summed E-state index contributed by atoms with van der Waals surface area (Å²) in [6.45, 7) is 4.16. The summed E-state index contributed by atoms with van der Waals surface area (Å²) < 4.78 is 33.4. The van der Waals surface area contributed by atoms with Gasteiger partial charge in [0.15, 0.2) is 18.0 Å². The number of carbonyl (C=O) groups excluding carboxylic acids is 4. The van der Waals surface area contributed by atoms with Crippen molar-refractivity contribution in [2.24, 2.45) is 0 Å². The highest BCUT2D eigenvalue weighted by Gasteiger charge is 2.53. The first-order valence-electron chi connectivity index (χ1n) is 9.50. The number of hydrogen-bond acceptors (Lipinski definition) is 10. The van der Waals surface area contributed by atoms with E-state index in [9.17, 15) is 19.2 Å². The molecule has 1 aromatic rings. The van der Waals surface area contributed by atoms with Crippen molar-refractivity contribution >= 4 is 69.7 Å². The largest absolute Gasteiger partial charge is 0.463 e. The lowest BCUT2D eigenvalue weighted by molar-refractivity contribution is -0.288. The molecule has 0 aromatic heterocycles. The van der Waals surface area contributed by atoms with E-state index >= 15 is 0 Å². The predicted octanol–water partition coefficient (Wildman–Crippen LogP) is 3.06. The van der Waals surface area contributed by atoms with Gasteiger partial charge < -0.3 is 28.4 Å². The van der Waals surface area contributed by atoms with Crippen LogP contribution in [0.4, 0.5) is 0 Å². The van der Waals surface area contributed by atoms with Gasteiger partial charge in [-0.1, -0.05) is 23.2 Å². The molecule has 2 rings (SSSR count). The van der Waals surface area contributed by atoms with Crippen molar-refractivity contribution in [3.8, 4) is 5.75 Å². The molecule has 0 saturated carbocycles. The Morgan fingerprint density at radius 2 is 1.33 bits per heavy atom. The molecule has 1 aromatic carbocycles. The minimum absolute atomic E-state index is 0.0136. The van der Waals surface area contributed by atoms with Crippen LogP contribution >= 0.6 is 45.8 Å².